The van der Waals surface area contributed by atoms with E-state index >= 15 is 0 Å². The summed E-state index contributed by atoms with van der Waals surface area (Å²) in [4.78, 5) is 2.59. The zero-order valence-electron chi connectivity index (χ0n) is 7.75. The van der Waals surface area contributed by atoms with Crippen LogP contribution in [0.4, 0.5) is 0 Å². The van der Waals surface area contributed by atoms with Crippen LogP contribution >= 0.6 is 0 Å². The summed E-state index contributed by atoms with van der Waals surface area (Å²) in [6.45, 7) is 7.57. The molecule has 0 saturated carbocycles. The lowest BCUT2D eigenvalue weighted by Gasteiger charge is -2.37. The van der Waals surface area contributed by atoms with Gasteiger partial charge in [0.15, 0.2) is 0 Å². The van der Waals surface area contributed by atoms with Gasteiger partial charge in [0.2, 0.25) is 0 Å². The summed E-state index contributed by atoms with van der Waals surface area (Å²) in [6, 6.07) is 1.38. The lowest BCUT2D eigenvalue weighted by atomic mass is 10.1. The van der Waals surface area contributed by atoms with E-state index in [2.05, 4.69) is 17.1 Å². The highest BCUT2D eigenvalue weighted by atomic mass is 16.5. The van der Waals surface area contributed by atoms with Crippen LogP contribution in [0.5, 0.6) is 0 Å². The van der Waals surface area contributed by atoms with Gasteiger partial charge in [0.25, 0.3) is 0 Å². The lowest BCUT2D eigenvalue weighted by Crippen LogP contribution is -2.50. The highest BCUT2D eigenvalue weighted by Crippen LogP contribution is 2.15. The predicted molar refractivity (Wildman–Crippen MR) is 48.3 cm³/mol. The van der Waals surface area contributed by atoms with Crippen molar-refractivity contribution in [3.05, 3.63) is 0 Å². The van der Waals surface area contributed by atoms with Gasteiger partial charge in [-0.2, -0.15) is 0 Å². The molecule has 0 unspecified atom stereocenters. The van der Waals surface area contributed by atoms with Crippen molar-refractivity contribution >= 4 is 0 Å². The molecule has 2 heterocycles. The molecule has 0 radical (unpaired) electrons. The third-order valence-corrected chi connectivity index (χ3v) is 2.92. The predicted octanol–water partition coefficient (Wildman–Crippen LogP) is 0.0690. The maximum atomic E-state index is 5.41. The van der Waals surface area contributed by atoms with E-state index in [1.54, 1.807) is 0 Å². The van der Waals surface area contributed by atoms with E-state index < -0.39 is 0 Å². The summed E-state index contributed by atoms with van der Waals surface area (Å²) in [6.07, 6.45) is 1.31. The average molecular weight is 170 g/mol. The Morgan fingerprint density at radius 1 is 1.50 bits per heavy atom. The molecule has 2 aliphatic rings. The largest absolute Gasteiger partial charge is 0.379 e. The first-order chi connectivity index (χ1) is 5.88. The van der Waals surface area contributed by atoms with Crippen LogP contribution in [0.15, 0.2) is 0 Å². The van der Waals surface area contributed by atoms with Crippen molar-refractivity contribution < 1.29 is 4.74 Å². The maximum Gasteiger partial charge on any atom is 0.0619 e. The number of nitrogens with one attached hydrogen (secondary N) is 1. The minimum absolute atomic E-state index is 0.614. The fourth-order valence-corrected chi connectivity index (χ4v) is 2.20. The van der Waals surface area contributed by atoms with E-state index in [0.717, 1.165) is 25.8 Å². The van der Waals surface area contributed by atoms with Crippen molar-refractivity contribution in [1.29, 1.82) is 0 Å². The van der Waals surface area contributed by atoms with Crippen LogP contribution in [0.25, 0.3) is 0 Å². The third-order valence-electron chi connectivity index (χ3n) is 2.92. The Morgan fingerprint density at radius 3 is 3.08 bits per heavy atom. The normalized spacial score (nSPS) is 38.8. The molecule has 2 aliphatic heterocycles. The molecule has 0 bridgehead atoms. The van der Waals surface area contributed by atoms with E-state index in [1.807, 2.05) is 0 Å². The van der Waals surface area contributed by atoms with Crippen LogP contribution in [0.3, 0.4) is 0 Å². The van der Waals surface area contributed by atoms with E-state index in [0.29, 0.717) is 6.04 Å². The van der Waals surface area contributed by atoms with Crippen molar-refractivity contribution in [1.82, 2.24) is 10.2 Å². The first-order valence-electron chi connectivity index (χ1n) is 4.92. The molecule has 70 valence electrons. The topological polar surface area (TPSA) is 24.5 Å². The Balaban J connectivity index is 1.91. The van der Waals surface area contributed by atoms with Gasteiger partial charge in [-0.25, -0.2) is 0 Å². The summed E-state index contributed by atoms with van der Waals surface area (Å²) < 4.78 is 5.41. The van der Waals surface area contributed by atoms with Gasteiger partial charge in [0.1, 0.15) is 0 Å². The Bertz CT molecular complexity index is 145. The van der Waals surface area contributed by atoms with Gasteiger partial charge in [-0.3, -0.25) is 4.90 Å². The number of ether oxygens (including phenoxy) is 1. The van der Waals surface area contributed by atoms with E-state index in [9.17, 15) is 0 Å². The van der Waals surface area contributed by atoms with Gasteiger partial charge in [0, 0.05) is 25.2 Å². The summed E-state index contributed by atoms with van der Waals surface area (Å²) in [7, 11) is 0. The second kappa shape index (κ2) is 3.73. The SMILES string of the molecule is C[C@H]1COCCN1[C@@H]1CCNC1. The highest BCUT2D eigenvalue weighted by Gasteiger charge is 2.28. The molecule has 12 heavy (non-hydrogen) atoms. The Morgan fingerprint density at radius 2 is 2.42 bits per heavy atom. The molecular formula is C9H18N2O. The molecule has 3 nitrogen and oxygen atoms in total. The Labute approximate surface area is 74.1 Å². The van der Waals surface area contributed by atoms with E-state index in [-0.39, 0.29) is 0 Å². The zero-order valence-corrected chi connectivity index (χ0v) is 7.75. The second-order valence-electron chi connectivity index (χ2n) is 3.81. The third kappa shape index (κ3) is 1.63. The second-order valence-corrected chi connectivity index (χ2v) is 3.81. The maximum absolute atomic E-state index is 5.41. The molecule has 0 aromatic heterocycles. The van der Waals surface area contributed by atoms with Crippen LogP contribution in [0, 0.1) is 0 Å². The van der Waals surface area contributed by atoms with E-state index in [1.165, 1.54) is 19.5 Å². The van der Waals surface area contributed by atoms with Crippen LogP contribution in [0.2, 0.25) is 0 Å². The first kappa shape index (κ1) is 8.48. The summed E-state index contributed by atoms with van der Waals surface area (Å²) in [5.74, 6) is 0. The van der Waals surface area contributed by atoms with Crippen molar-refractivity contribution in [3.8, 4) is 0 Å². The molecule has 2 atom stereocenters. The Kier molecular flexibility index (Phi) is 2.63. The van der Waals surface area contributed by atoms with Crippen LogP contribution in [0.1, 0.15) is 13.3 Å². The fraction of sp³-hybridized carbons (Fsp3) is 1.00. The Hall–Kier alpha value is -0.120. The minimum atomic E-state index is 0.614. The van der Waals surface area contributed by atoms with Crippen LogP contribution in [-0.2, 0) is 4.74 Å². The summed E-state index contributed by atoms with van der Waals surface area (Å²) in [5, 5.41) is 3.41. The number of rotatable bonds is 1. The smallest absolute Gasteiger partial charge is 0.0619 e. The van der Waals surface area contributed by atoms with Crippen LogP contribution < -0.4 is 5.32 Å². The van der Waals surface area contributed by atoms with Gasteiger partial charge in [-0.15, -0.1) is 0 Å². The zero-order chi connectivity index (χ0) is 8.39. The van der Waals surface area contributed by atoms with Gasteiger partial charge in [0.05, 0.1) is 13.2 Å². The molecule has 2 fully saturated rings. The molecule has 0 spiro atoms. The molecule has 0 aliphatic carbocycles. The van der Waals surface area contributed by atoms with Crippen molar-refractivity contribution in [3.63, 3.8) is 0 Å². The highest BCUT2D eigenvalue weighted by molar-refractivity contribution is 4.85. The molecular weight excluding hydrogens is 152 g/mol. The quantitative estimate of drug-likeness (QED) is 0.602. The molecule has 2 rings (SSSR count). The minimum Gasteiger partial charge on any atom is -0.379 e. The van der Waals surface area contributed by atoms with Gasteiger partial charge in [-0.05, 0) is 19.9 Å². The van der Waals surface area contributed by atoms with Crippen LogP contribution in [-0.4, -0.2) is 49.8 Å². The van der Waals surface area contributed by atoms with Gasteiger partial charge in [-0.1, -0.05) is 0 Å². The molecule has 0 aromatic carbocycles. The molecule has 2 saturated heterocycles. The molecule has 0 aromatic rings. The van der Waals surface area contributed by atoms with Crippen molar-refractivity contribution in [2.75, 3.05) is 32.8 Å². The summed E-state index contributed by atoms with van der Waals surface area (Å²) >= 11 is 0. The summed E-state index contributed by atoms with van der Waals surface area (Å²) in [5.41, 5.74) is 0. The number of hydrogen-bond donors (Lipinski definition) is 1. The van der Waals surface area contributed by atoms with Crippen molar-refractivity contribution in [2.24, 2.45) is 0 Å². The molecule has 0 amide bonds. The van der Waals surface area contributed by atoms with Crippen molar-refractivity contribution in [2.45, 2.75) is 25.4 Å². The fourth-order valence-electron chi connectivity index (χ4n) is 2.20. The standard InChI is InChI=1S/C9H18N2O/c1-8-7-12-5-4-11(8)9-2-3-10-6-9/h8-10H,2-7H2,1H3/t8-,9+/m0/s1. The average Bonchev–Trinajstić information content (AvgIpc) is 2.57. The van der Waals surface area contributed by atoms with E-state index in [4.69, 9.17) is 4.74 Å². The molecule has 1 N–H and O–H groups in total. The number of morpholine rings is 1. The van der Waals surface area contributed by atoms with Gasteiger partial charge < -0.3 is 10.1 Å². The number of hydrogen-bond acceptors (Lipinski definition) is 3. The molecule has 3 heteroatoms. The van der Waals surface area contributed by atoms with Gasteiger partial charge >= 0.3 is 0 Å². The lowest BCUT2D eigenvalue weighted by molar-refractivity contribution is -0.0180. The number of nitrogens with zero attached hydrogens (tertiary/aromatic N) is 1. The monoisotopic (exact) mass is 170 g/mol. The first-order valence-corrected chi connectivity index (χ1v) is 4.92.